The number of aliphatic hydroxyl groups excluding tert-OH is 1. The van der Waals surface area contributed by atoms with Gasteiger partial charge in [-0.25, -0.2) is 0 Å². The van der Waals surface area contributed by atoms with Gasteiger partial charge in [0, 0.05) is 0 Å². The molecule has 0 saturated carbocycles. The first kappa shape index (κ1) is 22.8. The Hall–Kier alpha value is -2.20. The molecule has 0 heterocycles. The molecule has 0 spiro atoms. The first-order valence-corrected chi connectivity index (χ1v) is 7.99. The average Bonchev–Trinajstić information content (AvgIpc) is 2.50. The van der Waals surface area contributed by atoms with Crippen molar-refractivity contribution in [2.75, 3.05) is 6.54 Å². The van der Waals surface area contributed by atoms with Crippen LogP contribution in [0.4, 0.5) is 0 Å². The highest BCUT2D eigenvalue weighted by atomic mass is 16.4. The molecular formula is C15H28N4O6. The van der Waals surface area contributed by atoms with Gasteiger partial charge in [-0.15, -0.1) is 0 Å². The molecule has 7 N–H and O–H groups in total. The zero-order valence-electron chi connectivity index (χ0n) is 14.9. The standard InChI is InChI=1S/C15H28N4O6/c1-7(2)5-10(19-14(23)12(16)9(4)20)13(22)17-6-11(21)18-8(3)15(24)25/h7-10,12,20H,5-6,16H2,1-4H3,(H,17,22)(H,18,21)(H,19,23)(H,24,25). The fourth-order valence-corrected chi connectivity index (χ4v) is 1.83. The minimum Gasteiger partial charge on any atom is -0.480 e. The normalized spacial score (nSPS) is 15.6. The van der Waals surface area contributed by atoms with Gasteiger partial charge in [0.05, 0.1) is 12.6 Å². The van der Waals surface area contributed by atoms with E-state index in [1.807, 2.05) is 13.8 Å². The molecule has 0 saturated heterocycles. The van der Waals surface area contributed by atoms with E-state index in [1.54, 1.807) is 0 Å². The van der Waals surface area contributed by atoms with Gasteiger partial charge in [0.25, 0.3) is 0 Å². The summed E-state index contributed by atoms with van der Waals surface area (Å²) in [4.78, 5) is 46.4. The van der Waals surface area contributed by atoms with Crippen molar-refractivity contribution >= 4 is 23.7 Å². The van der Waals surface area contributed by atoms with Gasteiger partial charge in [0.2, 0.25) is 17.7 Å². The van der Waals surface area contributed by atoms with Gasteiger partial charge in [-0.2, -0.15) is 0 Å². The van der Waals surface area contributed by atoms with Crippen LogP contribution in [0.5, 0.6) is 0 Å². The average molecular weight is 360 g/mol. The van der Waals surface area contributed by atoms with Gasteiger partial charge >= 0.3 is 5.97 Å². The van der Waals surface area contributed by atoms with Crippen molar-refractivity contribution in [1.82, 2.24) is 16.0 Å². The van der Waals surface area contributed by atoms with Crippen LogP contribution in [0.25, 0.3) is 0 Å². The van der Waals surface area contributed by atoms with Crippen LogP contribution in [0, 0.1) is 5.92 Å². The quantitative estimate of drug-likeness (QED) is 0.260. The van der Waals surface area contributed by atoms with E-state index in [4.69, 9.17) is 10.8 Å². The summed E-state index contributed by atoms with van der Waals surface area (Å²) >= 11 is 0. The second kappa shape index (κ2) is 10.6. The van der Waals surface area contributed by atoms with E-state index in [-0.39, 0.29) is 5.92 Å². The summed E-state index contributed by atoms with van der Waals surface area (Å²) in [6.07, 6.45) is -0.775. The third kappa shape index (κ3) is 9.01. The molecular weight excluding hydrogens is 332 g/mol. The summed E-state index contributed by atoms with van der Waals surface area (Å²) in [6.45, 7) is 5.92. The summed E-state index contributed by atoms with van der Waals surface area (Å²) in [5.74, 6) is -3.08. The number of carboxylic acids is 1. The van der Waals surface area contributed by atoms with E-state index in [0.29, 0.717) is 6.42 Å². The summed E-state index contributed by atoms with van der Waals surface area (Å²) in [6, 6.07) is -3.19. The van der Waals surface area contributed by atoms with E-state index in [2.05, 4.69) is 16.0 Å². The Labute approximate surface area is 146 Å². The van der Waals surface area contributed by atoms with E-state index in [1.165, 1.54) is 13.8 Å². The topological polar surface area (TPSA) is 171 Å². The second-order valence-corrected chi connectivity index (χ2v) is 6.30. The first-order valence-electron chi connectivity index (χ1n) is 7.99. The van der Waals surface area contributed by atoms with E-state index >= 15 is 0 Å². The molecule has 0 radical (unpaired) electrons. The van der Waals surface area contributed by atoms with Crippen molar-refractivity contribution in [3.8, 4) is 0 Å². The maximum absolute atomic E-state index is 12.2. The van der Waals surface area contributed by atoms with Gasteiger partial charge in [-0.05, 0) is 26.2 Å². The molecule has 3 amide bonds. The highest BCUT2D eigenvalue weighted by Gasteiger charge is 2.27. The predicted octanol–water partition coefficient (Wildman–Crippen LogP) is -2.07. The summed E-state index contributed by atoms with van der Waals surface area (Å²) in [7, 11) is 0. The lowest BCUT2D eigenvalue weighted by Crippen LogP contribution is -2.55. The molecule has 0 bridgehead atoms. The Balaban J connectivity index is 4.71. The summed E-state index contributed by atoms with van der Waals surface area (Å²) in [5, 5.41) is 25.0. The molecule has 4 unspecified atom stereocenters. The third-order valence-electron chi connectivity index (χ3n) is 3.33. The number of aliphatic carboxylic acids is 1. The molecule has 0 rings (SSSR count). The number of aliphatic hydroxyl groups is 1. The second-order valence-electron chi connectivity index (χ2n) is 6.30. The summed E-state index contributed by atoms with van der Waals surface area (Å²) in [5.41, 5.74) is 5.53. The number of rotatable bonds is 10. The highest BCUT2D eigenvalue weighted by molar-refractivity contribution is 5.92. The van der Waals surface area contributed by atoms with Crippen molar-refractivity contribution in [3.63, 3.8) is 0 Å². The van der Waals surface area contributed by atoms with E-state index in [0.717, 1.165) is 0 Å². The van der Waals surface area contributed by atoms with Crippen LogP contribution in [0.1, 0.15) is 34.1 Å². The Kier molecular flexibility index (Phi) is 9.69. The number of nitrogens with one attached hydrogen (secondary N) is 3. The van der Waals surface area contributed by atoms with Gasteiger partial charge in [-0.3, -0.25) is 19.2 Å². The van der Waals surface area contributed by atoms with Crippen LogP contribution in [0.15, 0.2) is 0 Å². The fraction of sp³-hybridized carbons (Fsp3) is 0.733. The Bertz CT molecular complexity index is 494. The smallest absolute Gasteiger partial charge is 0.325 e. The predicted molar refractivity (Wildman–Crippen MR) is 89.3 cm³/mol. The van der Waals surface area contributed by atoms with Gasteiger partial charge < -0.3 is 31.9 Å². The van der Waals surface area contributed by atoms with Crippen molar-refractivity contribution in [1.29, 1.82) is 0 Å². The highest BCUT2D eigenvalue weighted by Crippen LogP contribution is 2.05. The molecule has 144 valence electrons. The van der Waals surface area contributed by atoms with Crippen LogP contribution < -0.4 is 21.7 Å². The molecule has 0 aromatic rings. The number of hydrogen-bond donors (Lipinski definition) is 6. The Morgan fingerprint density at radius 1 is 1.00 bits per heavy atom. The molecule has 25 heavy (non-hydrogen) atoms. The van der Waals surface area contributed by atoms with Crippen molar-refractivity contribution in [2.45, 2.75) is 58.3 Å². The number of hydrogen-bond acceptors (Lipinski definition) is 6. The number of carboxylic acid groups (broad SMARTS) is 1. The molecule has 0 fully saturated rings. The van der Waals surface area contributed by atoms with Gasteiger partial charge in [-0.1, -0.05) is 13.8 Å². The van der Waals surface area contributed by atoms with E-state index in [9.17, 15) is 24.3 Å². The van der Waals surface area contributed by atoms with Crippen LogP contribution in [-0.4, -0.2) is 64.7 Å². The Morgan fingerprint density at radius 2 is 1.56 bits per heavy atom. The Morgan fingerprint density at radius 3 is 2.00 bits per heavy atom. The number of carbonyl (C=O) groups is 4. The SMILES string of the molecule is CC(C)CC(NC(=O)C(N)C(C)O)C(=O)NCC(=O)NC(C)C(=O)O. The van der Waals surface area contributed by atoms with Crippen LogP contribution >= 0.6 is 0 Å². The van der Waals surface area contributed by atoms with Crippen LogP contribution in [-0.2, 0) is 19.2 Å². The lowest BCUT2D eigenvalue weighted by Gasteiger charge is -2.23. The summed E-state index contributed by atoms with van der Waals surface area (Å²) < 4.78 is 0. The number of nitrogens with two attached hydrogens (primary N) is 1. The molecule has 0 aliphatic heterocycles. The number of amides is 3. The minimum absolute atomic E-state index is 0.0692. The van der Waals surface area contributed by atoms with Crippen LogP contribution in [0.2, 0.25) is 0 Å². The molecule has 0 aromatic carbocycles. The van der Waals surface area contributed by atoms with Gasteiger partial charge in [0.1, 0.15) is 18.1 Å². The zero-order valence-corrected chi connectivity index (χ0v) is 14.9. The minimum atomic E-state index is -1.20. The lowest BCUT2D eigenvalue weighted by molar-refractivity contribution is -0.141. The monoisotopic (exact) mass is 360 g/mol. The zero-order chi connectivity index (χ0) is 19.7. The molecule has 4 atom stereocenters. The first-order chi connectivity index (χ1) is 11.5. The van der Waals surface area contributed by atoms with Crippen molar-refractivity contribution in [3.05, 3.63) is 0 Å². The molecule has 0 aliphatic carbocycles. The third-order valence-corrected chi connectivity index (χ3v) is 3.33. The molecule has 10 heteroatoms. The maximum atomic E-state index is 12.2. The fourth-order valence-electron chi connectivity index (χ4n) is 1.83. The van der Waals surface area contributed by atoms with E-state index < -0.39 is 54.5 Å². The van der Waals surface area contributed by atoms with Crippen molar-refractivity contribution in [2.24, 2.45) is 11.7 Å². The largest absolute Gasteiger partial charge is 0.480 e. The maximum Gasteiger partial charge on any atom is 0.325 e. The molecule has 0 aliphatic rings. The molecule has 0 aromatic heterocycles. The number of carbonyl (C=O) groups excluding carboxylic acids is 3. The van der Waals surface area contributed by atoms with Crippen molar-refractivity contribution < 1.29 is 29.4 Å². The lowest BCUT2D eigenvalue weighted by atomic mass is 10.0. The van der Waals surface area contributed by atoms with Gasteiger partial charge in [0.15, 0.2) is 0 Å². The molecule has 10 nitrogen and oxygen atoms in total. The van der Waals surface area contributed by atoms with Crippen LogP contribution in [0.3, 0.4) is 0 Å².